The third-order valence-electron chi connectivity index (χ3n) is 8.53. The number of anilines is 1. The van der Waals surface area contributed by atoms with E-state index in [9.17, 15) is 13.2 Å². The monoisotopic (exact) mass is 614 g/mol. The molecule has 2 fully saturated rings. The first kappa shape index (κ1) is 28.8. The summed E-state index contributed by atoms with van der Waals surface area (Å²) < 4.78 is 33.4. The van der Waals surface area contributed by atoms with Crippen molar-refractivity contribution in [2.24, 2.45) is 11.8 Å². The molecule has 1 aliphatic carbocycles. The average molecular weight is 615 g/mol. The lowest BCUT2D eigenvalue weighted by atomic mass is 9.83. The van der Waals surface area contributed by atoms with E-state index in [1.165, 1.54) is 23.4 Å². The molecule has 0 radical (unpaired) electrons. The van der Waals surface area contributed by atoms with E-state index in [1.807, 2.05) is 13.8 Å². The summed E-state index contributed by atoms with van der Waals surface area (Å²) in [6.45, 7) is 7.84. The van der Waals surface area contributed by atoms with Gasteiger partial charge in [-0.05, 0) is 50.7 Å². The molecule has 14 heteroatoms. The number of imidazole rings is 1. The molecular formula is C28H35ClN8O4S. The summed E-state index contributed by atoms with van der Waals surface area (Å²) in [5.74, 6) is 1.45. The van der Waals surface area contributed by atoms with Gasteiger partial charge in [-0.1, -0.05) is 36.5 Å². The summed E-state index contributed by atoms with van der Waals surface area (Å²) in [4.78, 5) is 31.1. The Balaban J connectivity index is 1.56. The summed E-state index contributed by atoms with van der Waals surface area (Å²) in [5.41, 5.74) is 3.21. The molecule has 1 saturated carbocycles. The number of H-pyrrole nitrogens is 1. The molecule has 0 spiro atoms. The lowest BCUT2D eigenvalue weighted by Crippen LogP contribution is -2.58. The number of sulfonamides is 1. The van der Waals surface area contributed by atoms with Crippen molar-refractivity contribution in [2.75, 3.05) is 24.2 Å². The Morgan fingerprint density at radius 2 is 1.76 bits per heavy atom. The number of rotatable bonds is 6. The molecule has 0 bridgehead atoms. The Morgan fingerprint density at radius 3 is 2.38 bits per heavy atom. The zero-order chi connectivity index (χ0) is 29.8. The molecule has 2 aliphatic rings. The second kappa shape index (κ2) is 11.1. The maximum atomic E-state index is 12.4. The molecule has 6 rings (SSSR count). The zero-order valence-electron chi connectivity index (χ0n) is 24.1. The number of nitrogens with one attached hydrogen (secondary N) is 1. The fraction of sp³-hybridized carbons (Fsp3) is 0.536. The Kier molecular flexibility index (Phi) is 7.60. The van der Waals surface area contributed by atoms with E-state index in [4.69, 9.17) is 26.1 Å². The first-order valence-electron chi connectivity index (χ1n) is 14.3. The van der Waals surface area contributed by atoms with Crippen LogP contribution in [0, 0.1) is 11.8 Å². The van der Waals surface area contributed by atoms with Crippen molar-refractivity contribution < 1.29 is 12.9 Å². The van der Waals surface area contributed by atoms with E-state index >= 15 is 0 Å². The molecule has 1 aliphatic heterocycles. The van der Waals surface area contributed by atoms with Crippen LogP contribution in [0.3, 0.4) is 0 Å². The van der Waals surface area contributed by atoms with Crippen molar-refractivity contribution in [3.05, 3.63) is 40.1 Å². The smallest absolute Gasteiger partial charge is 0.334 e. The molecule has 0 unspecified atom stereocenters. The minimum Gasteiger partial charge on any atom is -0.334 e. The fourth-order valence-corrected chi connectivity index (χ4v) is 7.57. The van der Waals surface area contributed by atoms with Crippen LogP contribution in [0.15, 0.2) is 33.8 Å². The van der Waals surface area contributed by atoms with E-state index in [0.29, 0.717) is 52.4 Å². The number of hydrogen-bond donors (Lipinski definition) is 1. The third-order valence-corrected chi connectivity index (χ3v) is 9.97. The number of hydrogen-bond acceptors (Lipinski definition) is 9. The van der Waals surface area contributed by atoms with E-state index in [-0.39, 0.29) is 17.9 Å². The first-order chi connectivity index (χ1) is 20.0. The number of aromatic nitrogens is 6. The van der Waals surface area contributed by atoms with E-state index in [2.05, 4.69) is 31.5 Å². The Labute approximate surface area is 249 Å². The number of piperazine rings is 1. The summed E-state index contributed by atoms with van der Waals surface area (Å²) in [5, 5.41) is 4.33. The van der Waals surface area contributed by atoms with Crippen molar-refractivity contribution in [1.29, 1.82) is 0 Å². The molecule has 0 aromatic carbocycles. The number of nitrogens with zero attached hydrogens (tertiary/aromatic N) is 7. The molecule has 4 aromatic heterocycles. The molecule has 12 nitrogen and oxygen atoms in total. The van der Waals surface area contributed by atoms with Gasteiger partial charge >= 0.3 is 5.76 Å². The molecule has 4 aromatic rings. The summed E-state index contributed by atoms with van der Waals surface area (Å²) in [6.07, 6.45) is 9.13. The second-order valence-electron chi connectivity index (χ2n) is 11.9. The van der Waals surface area contributed by atoms with Crippen molar-refractivity contribution in [3.63, 3.8) is 0 Å². The minimum absolute atomic E-state index is 0.124. The van der Waals surface area contributed by atoms with Gasteiger partial charge < -0.3 is 9.47 Å². The van der Waals surface area contributed by atoms with Gasteiger partial charge in [-0.2, -0.15) is 4.31 Å². The highest BCUT2D eigenvalue weighted by Crippen LogP contribution is 2.38. The van der Waals surface area contributed by atoms with Crippen molar-refractivity contribution in [3.8, 4) is 22.8 Å². The number of fused-ring (bicyclic) bond motifs is 1. The highest BCUT2D eigenvalue weighted by molar-refractivity contribution is 7.88. The topological polar surface area (TPSA) is 143 Å². The van der Waals surface area contributed by atoms with Crippen molar-refractivity contribution >= 4 is 38.6 Å². The summed E-state index contributed by atoms with van der Waals surface area (Å²) in [7, 11) is -3.34. The number of halogens is 1. The quantitative estimate of drug-likeness (QED) is 0.338. The highest BCUT2D eigenvalue weighted by atomic mass is 35.5. The predicted octanol–water partition coefficient (Wildman–Crippen LogP) is 4.17. The molecule has 5 heterocycles. The van der Waals surface area contributed by atoms with Crippen LogP contribution in [-0.4, -0.2) is 73.8 Å². The van der Waals surface area contributed by atoms with E-state index in [0.717, 1.165) is 30.9 Å². The van der Waals surface area contributed by atoms with Gasteiger partial charge in [0, 0.05) is 49.7 Å². The number of pyridine rings is 2. The van der Waals surface area contributed by atoms with Gasteiger partial charge in [0.2, 0.25) is 21.8 Å². The largest absolute Gasteiger partial charge is 0.439 e. The van der Waals surface area contributed by atoms with Crippen LogP contribution in [0.2, 0.25) is 5.02 Å². The number of aromatic amines is 1. The van der Waals surface area contributed by atoms with E-state index < -0.39 is 15.8 Å². The van der Waals surface area contributed by atoms with Crippen LogP contribution >= 0.6 is 11.6 Å². The normalized spacial score (nSPS) is 24.0. The van der Waals surface area contributed by atoms with E-state index in [1.54, 1.807) is 24.5 Å². The van der Waals surface area contributed by atoms with Gasteiger partial charge in [0.1, 0.15) is 5.69 Å². The lowest BCUT2D eigenvalue weighted by molar-refractivity contribution is 0.262. The van der Waals surface area contributed by atoms with Crippen LogP contribution in [0.1, 0.15) is 46.5 Å². The Bertz CT molecular complexity index is 1760. The molecule has 2 atom stereocenters. The molecule has 0 amide bonds. The van der Waals surface area contributed by atoms with Crippen LogP contribution < -0.4 is 10.7 Å². The average Bonchev–Trinajstić information content (AvgIpc) is 3.52. The third kappa shape index (κ3) is 5.57. The molecule has 42 heavy (non-hydrogen) atoms. The molecule has 1 N–H and O–H groups in total. The van der Waals surface area contributed by atoms with Crippen LogP contribution in [0.4, 0.5) is 5.95 Å². The van der Waals surface area contributed by atoms with Crippen molar-refractivity contribution in [1.82, 2.24) is 34.0 Å². The first-order valence-corrected chi connectivity index (χ1v) is 16.5. The van der Waals surface area contributed by atoms with Crippen molar-refractivity contribution in [2.45, 2.75) is 65.1 Å². The molecule has 1 saturated heterocycles. The van der Waals surface area contributed by atoms with Gasteiger partial charge in [-0.15, -0.1) is 0 Å². The predicted molar refractivity (Wildman–Crippen MR) is 161 cm³/mol. The molecular weight excluding hydrogens is 580 g/mol. The molecule has 224 valence electrons. The Morgan fingerprint density at radius 1 is 1.05 bits per heavy atom. The standard InChI is InChI=1S/C28H35ClN8O4S/c1-16-5-7-19(8-6-16)15-36-25-22(32-27(36)37-17(2)13-35(14-18(37)3)42(4,39)40)10-23(26-33-28(38)41-34-26)31-24(25)20-9-21(29)12-30-11-20/h9-12,16-19H,5-8,13-15H2,1-4H3,(H,33,34,38)/t16?,17-,18-,19?/m1/s1. The summed E-state index contributed by atoms with van der Waals surface area (Å²) >= 11 is 6.38. The van der Waals surface area contributed by atoms with Crippen LogP contribution in [0.25, 0.3) is 33.8 Å². The highest BCUT2D eigenvalue weighted by Gasteiger charge is 2.37. The van der Waals surface area contributed by atoms with Gasteiger partial charge in [0.25, 0.3) is 0 Å². The maximum Gasteiger partial charge on any atom is 0.439 e. The lowest BCUT2D eigenvalue weighted by Gasteiger charge is -2.44. The fourth-order valence-electron chi connectivity index (χ4n) is 6.43. The van der Waals surface area contributed by atoms with Gasteiger partial charge in [-0.3, -0.25) is 14.5 Å². The van der Waals surface area contributed by atoms with Gasteiger partial charge in [0.05, 0.1) is 28.0 Å². The van der Waals surface area contributed by atoms with Gasteiger partial charge in [0.15, 0.2) is 0 Å². The van der Waals surface area contributed by atoms with Crippen LogP contribution in [0.5, 0.6) is 0 Å². The van der Waals surface area contributed by atoms with Gasteiger partial charge in [-0.25, -0.2) is 23.2 Å². The zero-order valence-corrected chi connectivity index (χ0v) is 25.7. The second-order valence-corrected chi connectivity index (χ2v) is 14.3. The summed E-state index contributed by atoms with van der Waals surface area (Å²) in [6, 6.07) is 3.36. The SMILES string of the molecule is CC1CCC(Cn2c(N3[C@H](C)CN(S(C)(=O)=O)C[C@H]3C)nc3cc(-c4noc(=O)[nH]4)nc(-c4cncc(Cl)c4)c32)CC1. The maximum absolute atomic E-state index is 12.4. The minimum atomic E-state index is -3.34. The Hall–Kier alpha value is -3.29. The van der Waals surface area contributed by atoms with Crippen LogP contribution in [-0.2, 0) is 16.6 Å².